The molecular weight excluding hydrogens is 132 g/mol. The predicted molar refractivity (Wildman–Crippen MR) is 30.1 cm³/mol. The maximum absolute atomic E-state index is 8.74. The van der Waals surface area contributed by atoms with Crippen LogP contribution in [0.4, 0.5) is 0 Å². The number of hydrogen-bond acceptors (Lipinski definition) is 2. The summed E-state index contributed by atoms with van der Waals surface area (Å²) in [6, 6.07) is 0. The minimum absolute atomic E-state index is 1.25. The van der Waals surface area contributed by atoms with Gasteiger partial charge in [0.25, 0.3) is 0 Å². The van der Waals surface area contributed by atoms with Crippen molar-refractivity contribution in [3.05, 3.63) is 0 Å². The van der Waals surface area contributed by atoms with Gasteiger partial charge in [0.15, 0.2) is 0 Å². The molecule has 0 fully saturated rings. The van der Waals surface area contributed by atoms with Crippen LogP contribution in [0.2, 0.25) is 0 Å². The van der Waals surface area contributed by atoms with E-state index in [0.717, 1.165) is 0 Å². The zero-order chi connectivity index (χ0) is 7.21. The van der Waals surface area contributed by atoms with Gasteiger partial charge in [0.05, 0.1) is 0 Å². The van der Waals surface area contributed by atoms with E-state index in [0.29, 0.717) is 0 Å². The highest BCUT2D eigenvalue weighted by Crippen LogP contribution is 1.59. The fraction of sp³-hybridized carbons (Fsp3) is 1.00. The lowest BCUT2D eigenvalue weighted by Crippen LogP contribution is -1.89. The molecule has 0 aliphatic heterocycles. The van der Waals surface area contributed by atoms with Gasteiger partial charge in [0.2, 0.25) is 0 Å². The third-order valence-electron chi connectivity index (χ3n) is 0. The average molecular weight is 142 g/mol. The summed E-state index contributed by atoms with van der Waals surface area (Å²) >= 11 is 0. The van der Waals surface area contributed by atoms with Gasteiger partial charge in [-0.25, -0.2) is 0 Å². The largest absolute Gasteiger partial charge is 0.394 e. The first-order valence-corrected chi connectivity index (χ1v) is 3.51. The van der Waals surface area contributed by atoms with Gasteiger partial charge in [0, 0.05) is 0 Å². The Kier molecular flexibility index (Phi) is 6.76. The van der Waals surface area contributed by atoms with Crippen LogP contribution >= 0.6 is 0 Å². The Balaban J connectivity index is 0. The van der Waals surface area contributed by atoms with E-state index < -0.39 is 10.4 Å². The molecule has 0 saturated heterocycles. The number of hydrogen-bond donors (Lipinski definition) is 2. The fourth-order valence-electron chi connectivity index (χ4n) is 0. The van der Waals surface area contributed by atoms with Gasteiger partial charge < -0.3 is 0 Å². The number of rotatable bonds is 0. The Hall–Kier alpha value is -0.130. The van der Waals surface area contributed by atoms with Crippen molar-refractivity contribution < 1.29 is 17.5 Å². The molecule has 0 unspecified atom stereocenters. The molecule has 0 bridgehead atoms. The third kappa shape index (κ3) is 8240. The van der Waals surface area contributed by atoms with Crippen LogP contribution in [0.5, 0.6) is 0 Å². The SMILES string of the molecule is CCC.O=S(=O)(O)O. The lowest BCUT2D eigenvalue weighted by atomic mass is 10.6. The van der Waals surface area contributed by atoms with Gasteiger partial charge in [-0.1, -0.05) is 20.3 Å². The fourth-order valence-corrected chi connectivity index (χ4v) is 0. The summed E-state index contributed by atoms with van der Waals surface area (Å²) in [5.74, 6) is 0. The molecule has 0 amide bonds. The summed E-state index contributed by atoms with van der Waals surface area (Å²) in [7, 11) is -4.67. The minimum Gasteiger partial charge on any atom is -0.264 e. The quantitative estimate of drug-likeness (QED) is 0.490. The average Bonchev–Trinajstić information content (AvgIpc) is 1.27. The van der Waals surface area contributed by atoms with Crippen LogP contribution in [0.15, 0.2) is 0 Å². The van der Waals surface area contributed by atoms with E-state index in [4.69, 9.17) is 17.5 Å². The molecule has 8 heavy (non-hydrogen) atoms. The van der Waals surface area contributed by atoms with E-state index >= 15 is 0 Å². The molecule has 0 aliphatic rings. The molecule has 0 heterocycles. The summed E-state index contributed by atoms with van der Waals surface area (Å²) in [5.41, 5.74) is 0. The van der Waals surface area contributed by atoms with Crippen molar-refractivity contribution in [3.8, 4) is 0 Å². The Labute approximate surface area is 49.1 Å². The molecule has 2 N–H and O–H groups in total. The Bertz CT molecular complexity index is 105. The van der Waals surface area contributed by atoms with Crippen LogP contribution in [0.3, 0.4) is 0 Å². The Morgan fingerprint density at radius 1 is 1.25 bits per heavy atom. The first-order valence-electron chi connectivity index (χ1n) is 2.11. The van der Waals surface area contributed by atoms with Crippen molar-refractivity contribution in [1.82, 2.24) is 0 Å². The molecule has 0 spiro atoms. The summed E-state index contributed by atoms with van der Waals surface area (Å²) in [4.78, 5) is 0. The smallest absolute Gasteiger partial charge is 0.264 e. The second-order valence-corrected chi connectivity index (χ2v) is 2.05. The van der Waals surface area contributed by atoms with Gasteiger partial charge in [-0.3, -0.25) is 9.11 Å². The molecule has 5 heteroatoms. The van der Waals surface area contributed by atoms with Gasteiger partial charge in [-0.2, -0.15) is 8.42 Å². The molecule has 52 valence electrons. The van der Waals surface area contributed by atoms with E-state index in [2.05, 4.69) is 13.8 Å². The van der Waals surface area contributed by atoms with Crippen molar-refractivity contribution >= 4 is 10.4 Å². The van der Waals surface area contributed by atoms with E-state index in [1.54, 1.807) is 0 Å². The monoisotopic (exact) mass is 142 g/mol. The molecule has 0 saturated carbocycles. The topological polar surface area (TPSA) is 74.6 Å². The molecule has 4 nitrogen and oxygen atoms in total. The summed E-state index contributed by atoms with van der Waals surface area (Å²) in [5, 5.41) is 0. The molecule has 0 aromatic rings. The van der Waals surface area contributed by atoms with Crippen LogP contribution in [0.25, 0.3) is 0 Å². The van der Waals surface area contributed by atoms with Crippen LogP contribution in [-0.2, 0) is 10.4 Å². The van der Waals surface area contributed by atoms with E-state index in [1.165, 1.54) is 6.42 Å². The molecule has 0 rings (SSSR count). The van der Waals surface area contributed by atoms with Crippen LogP contribution < -0.4 is 0 Å². The molecule has 0 atom stereocenters. The van der Waals surface area contributed by atoms with Gasteiger partial charge >= 0.3 is 10.4 Å². The van der Waals surface area contributed by atoms with E-state index in [1.807, 2.05) is 0 Å². The van der Waals surface area contributed by atoms with Crippen LogP contribution in [-0.4, -0.2) is 17.5 Å². The predicted octanol–water partition coefficient (Wildman–Crippen LogP) is 0.764. The zero-order valence-electron chi connectivity index (χ0n) is 4.83. The van der Waals surface area contributed by atoms with Gasteiger partial charge in [-0.15, -0.1) is 0 Å². The van der Waals surface area contributed by atoms with Crippen molar-refractivity contribution in [2.75, 3.05) is 0 Å². The summed E-state index contributed by atoms with van der Waals surface area (Å²) in [6.07, 6.45) is 1.25. The zero-order valence-corrected chi connectivity index (χ0v) is 5.64. The lowest BCUT2D eigenvalue weighted by Gasteiger charge is -1.68. The molecule has 0 aromatic heterocycles. The standard InChI is InChI=1S/C3H8.H2O4S/c1-3-2;1-5(2,3)4/h3H2,1-2H3;(H2,1,2,3,4). The molecule has 0 aliphatic carbocycles. The van der Waals surface area contributed by atoms with E-state index in [-0.39, 0.29) is 0 Å². The third-order valence-corrected chi connectivity index (χ3v) is 0. The molecule has 0 aromatic carbocycles. The highest BCUT2D eigenvalue weighted by molar-refractivity contribution is 7.79. The van der Waals surface area contributed by atoms with Crippen LogP contribution in [0.1, 0.15) is 20.3 Å². The first-order chi connectivity index (χ1) is 3.41. The summed E-state index contributed by atoms with van der Waals surface area (Å²) in [6.45, 7) is 4.25. The first kappa shape index (κ1) is 10.8. The van der Waals surface area contributed by atoms with Crippen molar-refractivity contribution in [2.24, 2.45) is 0 Å². The second kappa shape index (κ2) is 5.02. The second-order valence-electron chi connectivity index (χ2n) is 1.15. The molecular formula is C3H10O4S. The maximum Gasteiger partial charge on any atom is 0.394 e. The normalized spacial score (nSPS) is 9.50. The van der Waals surface area contributed by atoms with Crippen LogP contribution in [0, 0.1) is 0 Å². The van der Waals surface area contributed by atoms with Crippen molar-refractivity contribution in [3.63, 3.8) is 0 Å². The van der Waals surface area contributed by atoms with Crippen molar-refractivity contribution in [2.45, 2.75) is 20.3 Å². The molecule has 0 radical (unpaired) electrons. The minimum atomic E-state index is -4.67. The maximum atomic E-state index is 8.74. The lowest BCUT2D eigenvalue weighted by molar-refractivity contribution is 0.381. The van der Waals surface area contributed by atoms with Gasteiger partial charge in [-0.05, 0) is 0 Å². The summed E-state index contributed by atoms with van der Waals surface area (Å²) < 4.78 is 31.6. The Morgan fingerprint density at radius 3 is 1.25 bits per heavy atom. The Morgan fingerprint density at radius 2 is 1.25 bits per heavy atom. The van der Waals surface area contributed by atoms with E-state index in [9.17, 15) is 0 Å². The van der Waals surface area contributed by atoms with Gasteiger partial charge in [0.1, 0.15) is 0 Å². The highest BCUT2D eigenvalue weighted by atomic mass is 32.3. The van der Waals surface area contributed by atoms with Crippen molar-refractivity contribution in [1.29, 1.82) is 0 Å². The highest BCUT2D eigenvalue weighted by Gasteiger charge is 1.84.